The highest BCUT2D eigenvalue weighted by Gasteiger charge is 2.38. The molecule has 1 saturated heterocycles. The molecule has 26 heteroatoms. The number of thiol groups is 2. The number of aliphatic hydroxyl groups excluding tert-OH is 1. The normalized spacial score (nSPS) is 16.7. The highest BCUT2D eigenvalue weighted by Crippen LogP contribution is 2.19. The van der Waals surface area contributed by atoms with Crippen molar-refractivity contribution in [1.29, 1.82) is 0 Å². The van der Waals surface area contributed by atoms with Gasteiger partial charge in [-0.1, -0.05) is 62.7 Å². The van der Waals surface area contributed by atoms with E-state index in [0.717, 1.165) is 0 Å². The van der Waals surface area contributed by atoms with E-state index in [4.69, 9.17) is 11.5 Å². The van der Waals surface area contributed by atoms with Gasteiger partial charge in [0.05, 0.1) is 19.2 Å². The second-order valence-corrected chi connectivity index (χ2v) is 18.9. The van der Waals surface area contributed by atoms with Gasteiger partial charge in [0.2, 0.25) is 53.2 Å². The Bertz CT molecular complexity index is 2270. The number of carboxylic acid groups (broad SMARTS) is 1. The van der Waals surface area contributed by atoms with Gasteiger partial charge in [-0.15, -0.1) is 0 Å². The molecular weight excluding hydrogens is 1010 g/mol. The molecule has 2 aromatic rings. The summed E-state index contributed by atoms with van der Waals surface area (Å²) in [6.07, 6.45) is 1.72. The van der Waals surface area contributed by atoms with E-state index in [1.54, 1.807) is 56.3 Å². The van der Waals surface area contributed by atoms with Crippen molar-refractivity contribution in [3.63, 3.8) is 0 Å². The minimum Gasteiger partial charge on any atom is -0.508 e. The summed E-state index contributed by atoms with van der Waals surface area (Å²) < 4.78 is 0. The summed E-state index contributed by atoms with van der Waals surface area (Å²) in [5.74, 6) is -9.06. The van der Waals surface area contributed by atoms with Gasteiger partial charge >= 0.3 is 5.97 Å². The van der Waals surface area contributed by atoms with Crippen LogP contribution in [0.2, 0.25) is 0 Å². The van der Waals surface area contributed by atoms with Gasteiger partial charge in [0.1, 0.15) is 54.1 Å². The summed E-state index contributed by atoms with van der Waals surface area (Å²) in [6.45, 7) is 3.66. The number of benzene rings is 2. The van der Waals surface area contributed by atoms with E-state index < -0.39 is 133 Å². The molecule has 0 aliphatic carbocycles. The van der Waals surface area contributed by atoms with Crippen LogP contribution >= 0.6 is 25.3 Å². The zero-order chi connectivity index (χ0) is 55.8. The van der Waals surface area contributed by atoms with Crippen molar-refractivity contribution in [1.82, 2.24) is 47.4 Å². The van der Waals surface area contributed by atoms with E-state index >= 15 is 0 Å². The number of likely N-dealkylation sites (tertiary alicyclic amines) is 1. The SMILES string of the molecule is CC[C@H](C)[C@H](NC(=O)[C@H](Cc1ccccc1)NC(=O)[C@H](CO)NC(=O)[C@H](CCCCN)NC(=O)CNC(=O)[C@@H]1CCCN1C(=O)[C@H](C)NC(=O)[C@H](Cc1ccc(O)cc1)NC(=O)[C@@H](N)CS)C(=O)N[C@@H](CS)C(=O)O. The van der Waals surface area contributed by atoms with Crippen molar-refractivity contribution in [2.24, 2.45) is 17.4 Å². The number of aliphatic carboxylic acids is 1. The summed E-state index contributed by atoms with van der Waals surface area (Å²) in [7, 11) is 0. The van der Waals surface area contributed by atoms with Crippen molar-refractivity contribution < 1.29 is 63.3 Å². The third-order valence-corrected chi connectivity index (χ3v) is 13.2. The van der Waals surface area contributed by atoms with Crippen molar-refractivity contribution in [2.45, 2.75) is 127 Å². The van der Waals surface area contributed by atoms with Crippen LogP contribution in [-0.2, 0) is 60.8 Å². The van der Waals surface area contributed by atoms with Crippen LogP contribution in [0.3, 0.4) is 0 Å². The third-order valence-electron chi connectivity index (χ3n) is 12.5. The monoisotopic (exact) mass is 1090 g/mol. The molecule has 0 radical (unpaired) electrons. The van der Waals surface area contributed by atoms with Gasteiger partial charge in [-0.05, 0) is 74.8 Å². The van der Waals surface area contributed by atoms with Gasteiger partial charge < -0.3 is 74.2 Å². The molecule has 2 aromatic carbocycles. The minimum absolute atomic E-state index is 0.00367. The lowest BCUT2D eigenvalue weighted by Crippen LogP contribution is -2.61. The van der Waals surface area contributed by atoms with E-state index in [0.29, 0.717) is 36.8 Å². The molecule has 0 spiro atoms. The fraction of sp³-hybridized carbons (Fsp3) is 0.551. The molecule has 0 unspecified atom stereocenters. The Balaban J connectivity index is 1.69. The molecule has 15 N–H and O–H groups in total. The molecular formula is C49H73N11O13S2. The van der Waals surface area contributed by atoms with Crippen molar-refractivity contribution in [3.8, 4) is 5.75 Å². The number of rotatable bonds is 31. The summed E-state index contributed by atoms with van der Waals surface area (Å²) >= 11 is 8.04. The maximum atomic E-state index is 13.9. The minimum atomic E-state index is -1.66. The number of nitrogens with zero attached hydrogens (tertiary/aromatic N) is 1. The van der Waals surface area contributed by atoms with Crippen LogP contribution in [0.25, 0.3) is 0 Å². The van der Waals surface area contributed by atoms with Crippen LogP contribution in [0.4, 0.5) is 0 Å². The molecule has 75 heavy (non-hydrogen) atoms. The molecule has 24 nitrogen and oxygen atoms in total. The predicted octanol–water partition coefficient (Wildman–Crippen LogP) is -2.86. The number of aromatic hydroxyl groups is 1. The van der Waals surface area contributed by atoms with E-state index in [2.05, 4.69) is 67.8 Å². The number of nitrogens with one attached hydrogen (secondary N) is 8. The molecule has 0 saturated carbocycles. The summed E-state index contributed by atoms with van der Waals surface area (Å²) in [5.41, 5.74) is 12.7. The summed E-state index contributed by atoms with van der Waals surface area (Å²) in [5, 5.41) is 49.7. The molecule has 0 aromatic heterocycles. The quantitative estimate of drug-likeness (QED) is 0.0267. The zero-order valence-electron chi connectivity index (χ0n) is 42.3. The van der Waals surface area contributed by atoms with Gasteiger partial charge in [-0.2, -0.15) is 25.3 Å². The van der Waals surface area contributed by atoms with Crippen molar-refractivity contribution >= 4 is 84.4 Å². The Morgan fingerprint density at radius 1 is 0.693 bits per heavy atom. The van der Waals surface area contributed by atoms with Gasteiger partial charge in [-0.25, -0.2) is 4.79 Å². The molecule has 1 fully saturated rings. The molecule has 1 aliphatic heterocycles. The molecule has 3 rings (SSSR count). The lowest BCUT2D eigenvalue weighted by Gasteiger charge is -2.29. The standard InChI is InChI=1S/C49H73N11O13S2/c1-4-27(2)40(47(70)58-37(26-75)49(72)73)59-44(67)35(21-29-11-6-5-7-12-29)56-45(68)36(24-61)57-42(65)33(13-8-9-19-50)54-39(63)23-52-46(69)38-14-10-20-60(38)48(71)28(3)53-43(66)34(55-41(64)32(51)25-74)22-30-15-17-31(62)18-16-30/h5-7,11-12,15-18,27-28,32-38,40,61-62,74-75H,4,8-10,13-14,19-26,50-51H2,1-3H3,(H,52,69)(H,53,66)(H,54,63)(H,55,64)(H,56,68)(H,57,65)(H,58,70)(H,59,67)(H,72,73)/t27-,28-,32-,33-,34-,35-,36-,37-,38-,40-/m0/s1. The highest BCUT2D eigenvalue weighted by atomic mass is 32.1. The lowest BCUT2D eigenvalue weighted by atomic mass is 9.96. The third kappa shape index (κ3) is 20.3. The van der Waals surface area contributed by atoms with Crippen LogP contribution in [-0.4, -0.2) is 171 Å². The molecule has 0 bridgehead atoms. The first-order chi connectivity index (χ1) is 35.7. The Morgan fingerprint density at radius 3 is 1.83 bits per heavy atom. The number of phenols is 1. The Labute approximate surface area is 446 Å². The van der Waals surface area contributed by atoms with Crippen LogP contribution < -0.4 is 54.0 Å². The number of carboxylic acids is 1. The lowest BCUT2D eigenvalue weighted by molar-refractivity contribution is -0.142. The van der Waals surface area contributed by atoms with Crippen molar-refractivity contribution in [3.05, 3.63) is 65.7 Å². The van der Waals surface area contributed by atoms with Gasteiger partial charge in [0.15, 0.2) is 0 Å². The predicted molar refractivity (Wildman–Crippen MR) is 282 cm³/mol. The first kappa shape index (κ1) is 62.8. The highest BCUT2D eigenvalue weighted by molar-refractivity contribution is 7.80. The van der Waals surface area contributed by atoms with E-state index in [1.807, 2.05) is 0 Å². The number of unbranched alkanes of at least 4 members (excludes halogenated alkanes) is 1. The Kier molecular flexibility index (Phi) is 26.9. The number of carbonyl (C=O) groups excluding carboxylic acids is 9. The second kappa shape index (κ2) is 32.1. The van der Waals surface area contributed by atoms with Crippen LogP contribution in [0.5, 0.6) is 5.75 Å². The molecule has 1 aliphatic rings. The van der Waals surface area contributed by atoms with Crippen LogP contribution in [0, 0.1) is 5.92 Å². The Morgan fingerprint density at radius 2 is 1.25 bits per heavy atom. The largest absolute Gasteiger partial charge is 0.508 e. The fourth-order valence-electron chi connectivity index (χ4n) is 7.86. The van der Waals surface area contributed by atoms with Gasteiger partial charge in [0, 0.05) is 30.9 Å². The smallest absolute Gasteiger partial charge is 0.327 e. The number of carbonyl (C=O) groups is 10. The number of hydrogen-bond donors (Lipinski definition) is 15. The number of aliphatic hydroxyl groups is 1. The number of phenolic OH excluding ortho intramolecular Hbond substituents is 1. The van der Waals surface area contributed by atoms with Crippen LogP contribution in [0.15, 0.2) is 54.6 Å². The topological polar surface area (TPSA) is 383 Å². The molecule has 414 valence electrons. The maximum Gasteiger partial charge on any atom is 0.327 e. The molecule has 10 atom stereocenters. The Hall–Kier alpha value is -6.48. The summed E-state index contributed by atoms with van der Waals surface area (Å²) in [4.78, 5) is 135. The number of nitrogens with two attached hydrogens (primary N) is 2. The summed E-state index contributed by atoms with van der Waals surface area (Å²) in [6, 6.07) is 3.15. The maximum absolute atomic E-state index is 13.9. The van der Waals surface area contributed by atoms with Gasteiger partial charge in [0.25, 0.3) is 0 Å². The number of hydrogen-bond acceptors (Lipinski definition) is 16. The fourth-order valence-corrected chi connectivity index (χ4v) is 8.27. The first-order valence-electron chi connectivity index (χ1n) is 24.7. The second-order valence-electron chi connectivity index (χ2n) is 18.2. The van der Waals surface area contributed by atoms with Crippen molar-refractivity contribution in [2.75, 3.05) is 37.7 Å². The van der Waals surface area contributed by atoms with Crippen LogP contribution in [0.1, 0.15) is 70.4 Å². The first-order valence-corrected chi connectivity index (χ1v) is 26.0. The average molecular weight is 1090 g/mol. The van der Waals surface area contributed by atoms with E-state index in [-0.39, 0.29) is 56.0 Å². The zero-order valence-corrected chi connectivity index (χ0v) is 44.1. The van der Waals surface area contributed by atoms with E-state index in [1.165, 1.54) is 24.0 Å². The van der Waals surface area contributed by atoms with E-state index in [9.17, 15) is 63.3 Å². The average Bonchev–Trinajstić information content (AvgIpc) is 3.89. The molecule has 9 amide bonds. The van der Waals surface area contributed by atoms with Gasteiger partial charge in [-0.3, -0.25) is 43.2 Å². The number of amides is 9. The molecule has 1 heterocycles.